The molecule has 0 radical (unpaired) electrons. The van der Waals surface area contributed by atoms with Gasteiger partial charge in [-0.3, -0.25) is 9.69 Å². The maximum atomic E-state index is 12.7. The number of thiazole rings is 1. The summed E-state index contributed by atoms with van der Waals surface area (Å²) in [7, 11) is 2.09. The second-order valence-electron chi connectivity index (χ2n) is 6.25. The minimum absolute atomic E-state index is 0.0457. The fourth-order valence-electron chi connectivity index (χ4n) is 3.11. The normalized spacial score (nSPS) is 25.6. The lowest BCUT2D eigenvalue weighted by molar-refractivity contribution is -0.120. The van der Waals surface area contributed by atoms with Crippen molar-refractivity contribution in [1.82, 2.24) is 9.88 Å². The first-order valence-corrected chi connectivity index (χ1v) is 9.22. The van der Waals surface area contributed by atoms with E-state index in [1.807, 2.05) is 5.38 Å². The Morgan fingerprint density at radius 2 is 2.30 bits per heavy atom. The van der Waals surface area contributed by atoms with E-state index >= 15 is 0 Å². The average Bonchev–Trinajstić information content (AvgIpc) is 3.23. The Balaban J connectivity index is 1.59. The van der Waals surface area contributed by atoms with Crippen molar-refractivity contribution in [2.24, 2.45) is 0 Å². The lowest BCUT2D eigenvalue weighted by Gasteiger charge is -2.33. The Morgan fingerprint density at radius 1 is 1.43 bits per heavy atom. The fraction of sp³-hybridized carbons (Fsp3) is 0.750. The number of morpholine rings is 1. The first-order valence-electron chi connectivity index (χ1n) is 8.34. The summed E-state index contributed by atoms with van der Waals surface area (Å²) in [4.78, 5) is 21.1. The van der Waals surface area contributed by atoms with Crippen LogP contribution in [0.15, 0.2) is 11.6 Å². The van der Waals surface area contributed by atoms with Crippen LogP contribution in [0, 0.1) is 0 Å². The molecule has 2 aliphatic rings. The van der Waals surface area contributed by atoms with E-state index < -0.39 is 0 Å². The predicted molar refractivity (Wildman–Crippen MR) is 89.9 cm³/mol. The molecule has 0 saturated carbocycles. The van der Waals surface area contributed by atoms with Crippen molar-refractivity contribution in [1.29, 1.82) is 0 Å². The Morgan fingerprint density at radius 3 is 3.00 bits per heavy atom. The van der Waals surface area contributed by atoms with E-state index in [1.165, 1.54) is 11.3 Å². The van der Waals surface area contributed by atoms with Crippen molar-refractivity contribution in [2.45, 2.75) is 37.9 Å². The van der Waals surface area contributed by atoms with Crippen LogP contribution < -0.4 is 4.90 Å². The van der Waals surface area contributed by atoms with E-state index in [9.17, 15) is 4.79 Å². The van der Waals surface area contributed by atoms with Crippen molar-refractivity contribution in [3.8, 4) is 0 Å². The van der Waals surface area contributed by atoms with Crippen molar-refractivity contribution in [3.05, 3.63) is 11.6 Å². The number of rotatable bonds is 6. The Bertz CT molecular complexity index is 491. The van der Waals surface area contributed by atoms with Crippen molar-refractivity contribution in [3.63, 3.8) is 0 Å². The second-order valence-corrected chi connectivity index (χ2v) is 7.12. The quantitative estimate of drug-likeness (QED) is 0.790. The third-order valence-electron chi connectivity index (χ3n) is 4.38. The van der Waals surface area contributed by atoms with Gasteiger partial charge in [0.05, 0.1) is 25.4 Å². The van der Waals surface area contributed by atoms with Gasteiger partial charge in [-0.1, -0.05) is 0 Å². The van der Waals surface area contributed by atoms with Gasteiger partial charge >= 0.3 is 0 Å². The van der Waals surface area contributed by atoms with E-state index in [4.69, 9.17) is 9.47 Å². The zero-order valence-corrected chi connectivity index (χ0v) is 14.5. The van der Waals surface area contributed by atoms with E-state index in [0.29, 0.717) is 13.0 Å². The summed E-state index contributed by atoms with van der Waals surface area (Å²) in [6.45, 7) is 3.91. The molecule has 1 amide bonds. The van der Waals surface area contributed by atoms with Crippen LogP contribution in [0.4, 0.5) is 5.13 Å². The molecule has 7 heteroatoms. The minimum atomic E-state index is 0.0457. The average molecular weight is 339 g/mol. The van der Waals surface area contributed by atoms with E-state index in [0.717, 1.165) is 50.7 Å². The van der Waals surface area contributed by atoms with Gasteiger partial charge in [-0.2, -0.15) is 0 Å². The topological polar surface area (TPSA) is 54.9 Å². The lowest BCUT2D eigenvalue weighted by atomic mass is 10.1. The van der Waals surface area contributed by atoms with Crippen molar-refractivity contribution >= 4 is 22.4 Å². The molecule has 2 saturated heterocycles. The summed E-state index contributed by atoms with van der Waals surface area (Å²) in [6.07, 6.45) is 5.52. The SMILES string of the molecule is CN1CCO[C@@H](CN(C(=O)CC[C@H]2CCCO2)c2nccs2)C1. The highest BCUT2D eigenvalue weighted by molar-refractivity contribution is 7.13. The highest BCUT2D eigenvalue weighted by Gasteiger charge is 2.27. The molecule has 2 aliphatic heterocycles. The van der Waals surface area contributed by atoms with Gasteiger partial charge in [0, 0.05) is 37.7 Å². The summed E-state index contributed by atoms with van der Waals surface area (Å²) < 4.78 is 11.4. The molecule has 0 unspecified atom stereocenters. The molecule has 128 valence electrons. The van der Waals surface area contributed by atoms with E-state index in [2.05, 4.69) is 16.9 Å². The van der Waals surface area contributed by atoms with Crippen LogP contribution in [0.1, 0.15) is 25.7 Å². The van der Waals surface area contributed by atoms with Crippen LogP contribution in [0.3, 0.4) is 0 Å². The van der Waals surface area contributed by atoms with Crippen LogP contribution in [0.25, 0.3) is 0 Å². The summed E-state index contributed by atoms with van der Waals surface area (Å²) >= 11 is 1.50. The maximum absolute atomic E-state index is 12.7. The molecule has 23 heavy (non-hydrogen) atoms. The van der Waals surface area contributed by atoms with Crippen LogP contribution in [0.5, 0.6) is 0 Å². The number of likely N-dealkylation sites (N-methyl/N-ethyl adjacent to an activating group) is 1. The van der Waals surface area contributed by atoms with Gasteiger partial charge in [0.15, 0.2) is 5.13 Å². The van der Waals surface area contributed by atoms with Crippen LogP contribution in [-0.2, 0) is 14.3 Å². The number of carbonyl (C=O) groups excluding carboxylic acids is 1. The van der Waals surface area contributed by atoms with Gasteiger partial charge in [-0.05, 0) is 26.3 Å². The van der Waals surface area contributed by atoms with E-state index in [1.54, 1.807) is 11.1 Å². The molecule has 3 rings (SSSR count). The van der Waals surface area contributed by atoms with Crippen LogP contribution in [0.2, 0.25) is 0 Å². The number of aromatic nitrogens is 1. The molecule has 0 aromatic carbocycles. The Labute approximate surface area is 141 Å². The fourth-order valence-corrected chi connectivity index (χ4v) is 3.78. The molecule has 2 fully saturated rings. The number of amides is 1. The summed E-state index contributed by atoms with van der Waals surface area (Å²) in [6, 6.07) is 0. The van der Waals surface area contributed by atoms with Crippen molar-refractivity contribution < 1.29 is 14.3 Å². The Hall–Kier alpha value is -1.02. The molecule has 6 nitrogen and oxygen atoms in total. The zero-order chi connectivity index (χ0) is 16.1. The number of anilines is 1. The second kappa shape index (κ2) is 8.19. The zero-order valence-electron chi connectivity index (χ0n) is 13.6. The largest absolute Gasteiger partial charge is 0.378 e. The number of carbonyl (C=O) groups is 1. The van der Waals surface area contributed by atoms with Gasteiger partial charge in [0.25, 0.3) is 0 Å². The lowest BCUT2D eigenvalue weighted by Crippen LogP contribution is -2.47. The maximum Gasteiger partial charge on any atom is 0.228 e. The number of hydrogen-bond acceptors (Lipinski definition) is 6. The van der Waals surface area contributed by atoms with Gasteiger partial charge < -0.3 is 14.4 Å². The van der Waals surface area contributed by atoms with Crippen molar-refractivity contribution in [2.75, 3.05) is 44.8 Å². The highest BCUT2D eigenvalue weighted by Crippen LogP contribution is 2.22. The molecule has 0 aliphatic carbocycles. The molecule has 1 aromatic rings. The Kier molecular flexibility index (Phi) is 5.99. The molecule has 1 aromatic heterocycles. The van der Waals surface area contributed by atoms with Crippen LogP contribution in [-0.4, -0.2) is 67.9 Å². The molecule has 0 N–H and O–H groups in total. The number of hydrogen-bond donors (Lipinski definition) is 0. The standard InChI is InChI=1S/C16H25N3O3S/c1-18-7-9-22-14(11-18)12-19(16-17-6-10-23-16)15(20)5-4-13-3-2-8-21-13/h6,10,13-14H,2-5,7-9,11-12H2,1H3/t13-,14-/m1/s1. The summed E-state index contributed by atoms with van der Waals surface area (Å²) in [5.41, 5.74) is 0. The summed E-state index contributed by atoms with van der Waals surface area (Å²) in [5.74, 6) is 0.118. The third-order valence-corrected chi connectivity index (χ3v) is 5.18. The summed E-state index contributed by atoms with van der Waals surface area (Å²) in [5, 5.41) is 2.67. The third kappa shape index (κ3) is 4.73. The minimum Gasteiger partial charge on any atom is -0.378 e. The molecule has 3 heterocycles. The van der Waals surface area contributed by atoms with Gasteiger partial charge in [-0.25, -0.2) is 4.98 Å². The molecule has 2 atom stereocenters. The van der Waals surface area contributed by atoms with Gasteiger partial charge in [0.1, 0.15) is 0 Å². The van der Waals surface area contributed by atoms with Crippen LogP contribution >= 0.6 is 11.3 Å². The first-order chi connectivity index (χ1) is 11.2. The number of ether oxygens (including phenoxy) is 2. The predicted octanol–water partition coefficient (Wildman–Crippen LogP) is 1.77. The number of nitrogens with zero attached hydrogens (tertiary/aromatic N) is 3. The molecule has 0 bridgehead atoms. The highest BCUT2D eigenvalue weighted by atomic mass is 32.1. The molecular weight excluding hydrogens is 314 g/mol. The van der Waals surface area contributed by atoms with Gasteiger partial charge in [-0.15, -0.1) is 11.3 Å². The smallest absolute Gasteiger partial charge is 0.228 e. The van der Waals surface area contributed by atoms with Gasteiger partial charge in [0.2, 0.25) is 5.91 Å². The first kappa shape index (κ1) is 16.8. The molecule has 0 spiro atoms. The molecular formula is C16H25N3O3S. The van der Waals surface area contributed by atoms with E-state index in [-0.39, 0.29) is 18.1 Å². The monoisotopic (exact) mass is 339 g/mol.